The molecule has 3 aromatic rings. The first-order valence-electron chi connectivity index (χ1n) is 17.3. The third-order valence-corrected chi connectivity index (χ3v) is 8.48. The summed E-state index contributed by atoms with van der Waals surface area (Å²) in [6, 6.07) is 13.8. The molecule has 1 fully saturated rings. The number of benzene rings is 2. The van der Waals surface area contributed by atoms with Gasteiger partial charge in [0, 0.05) is 25.1 Å². The molecule has 1 aromatic heterocycles. The number of carbonyl (C=O) groups excluding carboxylic acids is 5. The Morgan fingerprint density at radius 3 is 2.27 bits per heavy atom. The fourth-order valence-electron chi connectivity index (χ4n) is 5.79. The Hall–Kier alpha value is -5.90. The lowest BCUT2D eigenvalue weighted by molar-refractivity contribution is -0.137. The van der Waals surface area contributed by atoms with Gasteiger partial charge >= 0.3 is 6.03 Å². The summed E-state index contributed by atoms with van der Waals surface area (Å²) in [5, 5.41) is 25.9. The molecule has 1 saturated carbocycles. The van der Waals surface area contributed by atoms with Crippen molar-refractivity contribution in [1.29, 1.82) is 5.41 Å². The molecule has 0 bridgehead atoms. The predicted molar refractivity (Wildman–Crippen MR) is 195 cm³/mol. The molecule has 1 aliphatic rings. The van der Waals surface area contributed by atoms with E-state index in [0.29, 0.717) is 19.3 Å². The Balaban J connectivity index is 1.59. The fourth-order valence-corrected chi connectivity index (χ4v) is 5.79. The molecule has 2 aromatic carbocycles. The summed E-state index contributed by atoms with van der Waals surface area (Å²) in [5.41, 5.74) is 12.7. The van der Waals surface area contributed by atoms with Gasteiger partial charge in [0.2, 0.25) is 17.7 Å². The summed E-state index contributed by atoms with van der Waals surface area (Å²) in [6.45, 7) is 1.76. The number of hydrogen-bond donors (Lipinski definition) is 7. The van der Waals surface area contributed by atoms with E-state index in [1.54, 1.807) is 30.3 Å². The van der Waals surface area contributed by atoms with E-state index in [-0.39, 0.29) is 31.2 Å². The minimum atomic E-state index is -1.21. The number of rotatable bonds is 15. The smallest absolute Gasteiger partial charge is 0.353 e. The maximum atomic E-state index is 14.6. The van der Waals surface area contributed by atoms with Crippen molar-refractivity contribution in [3.05, 3.63) is 84.1 Å². The van der Waals surface area contributed by atoms with Gasteiger partial charge in [-0.3, -0.25) is 29.5 Å². The average Bonchev–Trinajstić information content (AvgIpc) is 3.61. The number of aromatic nitrogens is 3. The second kappa shape index (κ2) is 19.5. The molecule has 3 atom stereocenters. The molecule has 0 saturated heterocycles. The molecular formula is C36H47N11O5. The molecule has 16 heteroatoms. The van der Waals surface area contributed by atoms with Gasteiger partial charge in [0.25, 0.3) is 5.91 Å². The Labute approximate surface area is 302 Å². The number of hydrogen-bond acceptors (Lipinski definition) is 9. The van der Waals surface area contributed by atoms with Crippen LogP contribution < -0.4 is 32.7 Å². The van der Waals surface area contributed by atoms with E-state index >= 15 is 0 Å². The Morgan fingerprint density at radius 1 is 0.962 bits per heavy atom. The van der Waals surface area contributed by atoms with E-state index < -0.39 is 53.8 Å². The number of amides is 5. The van der Waals surface area contributed by atoms with Crippen LogP contribution in [-0.4, -0.2) is 86.2 Å². The van der Waals surface area contributed by atoms with Crippen molar-refractivity contribution in [2.24, 2.45) is 11.5 Å². The van der Waals surface area contributed by atoms with Crippen LogP contribution >= 0.6 is 0 Å². The van der Waals surface area contributed by atoms with Gasteiger partial charge in [-0.25, -0.2) is 4.79 Å². The highest BCUT2D eigenvalue weighted by atomic mass is 16.2. The van der Waals surface area contributed by atoms with Gasteiger partial charge < -0.3 is 32.7 Å². The van der Waals surface area contributed by atoms with Crippen LogP contribution in [0.1, 0.15) is 63.0 Å². The van der Waals surface area contributed by atoms with Crippen LogP contribution in [0.3, 0.4) is 0 Å². The maximum Gasteiger partial charge on any atom is 0.353 e. The van der Waals surface area contributed by atoms with Crippen LogP contribution in [0.15, 0.2) is 72.9 Å². The highest BCUT2D eigenvalue weighted by Gasteiger charge is 2.38. The molecule has 1 heterocycles. The van der Waals surface area contributed by atoms with Gasteiger partial charge in [-0.05, 0) is 49.8 Å². The second-order valence-corrected chi connectivity index (χ2v) is 12.6. The summed E-state index contributed by atoms with van der Waals surface area (Å²) >= 11 is 0. The van der Waals surface area contributed by atoms with Crippen molar-refractivity contribution in [3.8, 4) is 0 Å². The summed E-state index contributed by atoms with van der Waals surface area (Å²) in [4.78, 5) is 68.9. The quantitative estimate of drug-likeness (QED) is 0.0522. The van der Waals surface area contributed by atoms with E-state index in [2.05, 4.69) is 31.6 Å². The maximum absolute atomic E-state index is 14.6. The molecule has 1 aliphatic carbocycles. The van der Waals surface area contributed by atoms with Gasteiger partial charge in [0.05, 0.1) is 12.2 Å². The Morgan fingerprint density at radius 2 is 1.62 bits per heavy atom. The van der Waals surface area contributed by atoms with Crippen LogP contribution in [-0.2, 0) is 25.6 Å². The highest BCUT2D eigenvalue weighted by Crippen LogP contribution is 2.25. The Kier molecular flexibility index (Phi) is 14.6. The highest BCUT2D eigenvalue weighted by molar-refractivity contribution is 6.02. The van der Waals surface area contributed by atoms with Crippen LogP contribution in [0.5, 0.6) is 0 Å². The van der Waals surface area contributed by atoms with Crippen LogP contribution in [0, 0.1) is 5.41 Å². The lowest BCUT2D eigenvalue weighted by atomic mass is 9.93. The van der Waals surface area contributed by atoms with Crippen LogP contribution in [0.25, 0.3) is 6.08 Å². The average molecular weight is 714 g/mol. The minimum Gasteiger partial charge on any atom is -0.370 e. The van der Waals surface area contributed by atoms with Gasteiger partial charge in [-0.1, -0.05) is 85.1 Å². The molecule has 9 N–H and O–H groups in total. The fraction of sp³-hybridized carbons (Fsp3) is 0.389. The first-order valence-corrected chi connectivity index (χ1v) is 17.3. The van der Waals surface area contributed by atoms with Crippen molar-refractivity contribution >= 4 is 47.5 Å². The standard InChI is InChI=1S/C36H47N11O5/c1-24(37)32(49)41-28(18-11-21-40-35(38)39)33(50)42-29(22-26-14-7-3-8-15-26)34(51)47(27-16-9-4-10-17-27)36(52)46-23-30(44-45-46)43-31(48)20-19-25-12-5-2-6-13-25/h2-3,5-8,12-15,19-20,23-24,27-29H,4,9-11,16-18,21-22,37H2,1H3,(H,41,49)(H,42,50)(H,43,48)(H4,38,39,40)/t24-,28-,29-/m0/s1. The molecule has 16 nitrogen and oxygen atoms in total. The normalized spacial score (nSPS) is 14.8. The predicted octanol–water partition coefficient (Wildman–Crippen LogP) is 1.88. The number of nitrogens with two attached hydrogens (primary N) is 2. The van der Waals surface area contributed by atoms with Crippen molar-refractivity contribution < 1.29 is 24.0 Å². The summed E-state index contributed by atoms with van der Waals surface area (Å²) in [5.74, 6) is -2.57. The van der Waals surface area contributed by atoms with Crippen LogP contribution in [0.2, 0.25) is 0 Å². The molecule has 0 aliphatic heterocycles. The van der Waals surface area contributed by atoms with E-state index in [4.69, 9.17) is 16.9 Å². The van der Waals surface area contributed by atoms with Crippen LogP contribution in [0.4, 0.5) is 10.6 Å². The van der Waals surface area contributed by atoms with E-state index in [0.717, 1.165) is 40.0 Å². The van der Waals surface area contributed by atoms with Crippen molar-refractivity contribution in [1.82, 2.24) is 35.8 Å². The molecule has 5 amide bonds. The molecular weight excluding hydrogens is 666 g/mol. The zero-order valence-electron chi connectivity index (χ0n) is 29.2. The number of guanidine groups is 1. The lowest BCUT2D eigenvalue weighted by Crippen LogP contribution is -2.59. The number of nitrogens with zero attached hydrogens (tertiary/aromatic N) is 4. The van der Waals surface area contributed by atoms with Gasteiger partial charge in [0.1, 0.15) is 12.1 Å². The third-order valence-electron chi connectivity index (χ3n) is 8.48. The van der Waals surface area contributed by atoms with E-state index in [1.807, 2.05) is 36.4 Å². The summed E-state index contributed by atoms with van der Waals surface area (Å²) < 4.78 is 0.901. The Bertz CT molecular complexity index is 1710. The SMILES string of the molecule is C[C@H](N)C(=O)N[C@@H](CCCNC(=N)N)C(=O)N[C@@H](Cc1ccccc1)C(=O)N(C(=O)n1cc(NC(=O)C=Cc2ccccc2)nn1)C1CCCCC1. The first kappa shape index (κ1) is 38.9. The number of anilines is 1. The van der Waals surface area contributed by atoms with Gasteiger partial charge in [-0.2, -0.15) is 4.68 Å². The minimum absolute atomic E-state index is 0.00761. The van der Waals surface area contributed by atoms with Crippen molar-refractivity contribution in [2.75, 3.05) is 11.9 Å². The monoisotopic (exact) mass is 713 g/mol. The molecule has 0 unspecified atom stereocenters. The third kappa shape index (κ3) is 11.9. The molecule has 0 radical (unpaired) electrons. The van der Waals surface area contributed by atoms with Crippen molar-refractivity contribution in [3.63, 3.8) is 0 Å². The van der Waals surface area contributed by atoms with Crippen molar-refractivity contribution in [2.45, 2.75) is 82.5 Å². The van der Waals surface area contributed by atoms with E-state index in [1.165, 1.54) is 19.2 Å². The zero-order chi connectivity index (χ0) is 37.5. The summed E-state index contributed by atoms with van der Waals surface area (Å²) in [7, 11) is 0. The number of nitrogens with one attached hydrogen (secondary N) is 5. The lowest BCUT2D eigenvalue weighted by Gasteiger charge is -2.35. The molecule has 276 valence electrons. The molecule has 4 rings (SSSR count). The number of carbonyl (C=O) groups is 5. The second-order valence-electron chi connectivity index (χ2n) is 12.6. The largest absolute Gasteiger partial charge is 0.370 e. The zero-order valence-corrected chi connectivity index (χ0v) is 29.2. The molecule has 0 spiro atoms. The van der Waals surface area contributed by atoms with E-state index in [9.17, 15) is 24.0 Å². The topological polar surface area (TPSA) is 243 Å². The van der Waals surface area contributed by atoms with Gasteiger partial charge in [0.15, 0.2) is 11.8 Å². The summed E-state index contributed by atoms with van der Waals surface area (Å²) in [6.07, 6.45) is 8.40. The molecule has 52 heavy (non-hydrogen) atoms. The first-order chi connectivity index (χ1) is 25.0. The van der Waals surface area contributed by atoms with Gasteiger partial charge in [-0.15, -0.1) is 5.10 Å². The number of imide groups is 1.